The first-order valence-corrected chi connectivity index (χ1v) is 12.3. The van der Waals surface area contributed by atoms with Gasteiger partial charge in [-0.2, -0.15) is 0 Å². The van der Waals surface area contributed by atoms with Gasteiger partial charge in [0.1, 0.15) is 0 Å². The summed E-state index contributed by atoms with van der Waals surface area (Å²) in [5.41, 5.74) is 5.54. The van der Waals surface area contributed by atoms with Crippen molar-refractivity contribution in [3.8, 4) is 11.1 Å². The highest BCUT2D eigenvalue weighted by atomic mass is 16.2. The summed E-state index contributed by atoms with van der Waals surface area (Å²) in [6.45, 7) is 4.02. The number of fused-ring (bicyclic) bond motifs is 1. The normalized spacial score (nSPS) is 14.3. The van der Waals surface area contributed by atoms with Crippen molar-refractivity contribution in [2.45, 2.75) is 32.4 Å². The molecule has 0 unspecified atom stereocenters. The van der Waals surface area contributed by atoms with Crippen molar-refractivity contribution in [2.75, 3.05) is 20.1 Å². The van der Waals surface area contributed by atoms with Crippen molar-refractivity contribution in [1.29, 1.82) is 0 Å². The first-order chi connectivity index (χ1) is 16.7. The molecule has 0 radical (unpaired) electrons. The summed E-state index contributed by atoms with van der Waals surface area (Å²) in [4.78, 5) is 17.5. The first kappa shape index (κ1) is 22.4. The predicted octanol–water partition coefficient (Wildman–Crippen LogP) is 6.76. The SMILES string of the molecule is CN(Cc1cccc2cc(CN3CCCCC3)ccc12)C(=O)c1ccc(-c2ccccc2)cc1. The highest BCUT2D eigenvalue weighted by Gasteiger charge is 2.15. The number of carbonyl (C=O) groups excluding carboxylic acids is 1. The molecule has 0 saturated carbocycles. The van der Waals surface area contributed by atoms with Gasteiger partial charge in [-0.15, -0.1) is 0 Å². The molecule has 5 rings (SSSR count). The van der Waals surface area contributed by atoms with Crippen molar-refractivity contribution in [2.24, 2.45) is 0 Å². The Balaban J connectivity index is 1.29. The molecular weight excluding hydrogens is 416 g/mol. The standard InChI is InChI=1S/C31H32N2O/c1-32(31(34)27-16-14-26(15-17-27)25-9-4-2-5-10-25)23-29-12-8-11-28-21-24(13-18-30(28)29)22-33-19-6-3-7-20-33/h2,4-5,8-18,21H,3,6-7,19-20,22-23H2,1H3. The molecule has 0 spiro atoms. The maximum Gasteiger partial charge on any atom is 0.253 e. The molecule has 0 bridgehead atoms. The number of piperidine rings is 1. The van der Waals surface area contributed by atoms with Gasteiger partial charge in [-0.05, 0) is 77.2 Å². The van der Waals surface area contributed by atoms with Crippen LogP contribution < -0.4 is 0 Å². The molecule has 1 heterocycles. The third-order valence-electron chi connectivity index (χ3n) is 6.88. The van der Waals surface area contributed by atoms with Crippen LogP contribution in [0.2, 0.25) is 0 Å². The first-order valence-electron chi connectivity index (χ1n) is 12.3. The van der Waals surface area contributed by atoms with Crippen molar-refractivity contribution in [3.05, 3.63) is 108 Å². The van der Waals surface area contributed by atoms with E-state index in [1.807, 2.05) is 54.4 Å². The van der Waals surface area contributed by atoms with Crippen LogP contribution >= 0.6 is 0 Å². The lowest BCUT2D eigenvalue weighted by atomic mass is 10.0. The summed E-state index contributed by atoms with van der Waals surface area (Å²) in [5, 5.41) is 2.48. The van der Waals surface area contributed by atoms with E-state index in [1.165, 1.54) is 54.3 Å². The van der Waals surface area contributed by atoms with Gasteiger partial charge in [0.15, 0.2) is 0 Å². The van der Waals surface area contributed by atoms with Crippen molar-refractivity contribution in [3.63, 3.8) is 0 Å². The molecule has 1 fully saturated rings. The van der Waals surface area contributed by atoms with E-state index in [0.29, 0.717) is 12.1 Å². The maximum absolute atomic E-state index is 13.1. The minimum absolute atomic E-state index is 0.0401. The van der Waals surface area contributed by atoms with Gasteiger partial charge in [-0.25, -0.2) is 0 Å². The number of benzene rings is 4. The highest BCUT2D eigenvalue weighted by molar-refractivity contribution is 5.95. The van der Waals surface area contributed by atoms with Crippen molar-refractivity contribution < 1.29 is 4.79 Å². The van der Waals surface area contributed by atoms with E-state index in [0.717, 1.165) is 17.7 Å². The van der Waals surface area contributed by atoms with Gasteiger partial charge in [0, 0.05) is 25.7 Å². The fourth-order valence-corrected chi connectivity index (χ4v) is 5.00. The molecule has 0 aliphatic carbocycles. The minimum Gasteiger partial charge on any atom is -0.337 e. The average Bonchev–Trinajstić information content (AvgIpc) is 2.89. The zero-order chi connectivity index (χ0) is 23.3. The third kappa shape index (κ3) is 5.05. The van der Waals surface area contributed by atoms with E-state index < -0.39 is 0 Å². The monoisotopic (exact) mass is 448 g/mol. The number of amides is 1. The summed E-state index contributed by atoms with van der Waals surface area (Å²) in [5.74, 6) is 0.0401. The van der Waals surface area contributed by atoms with Gasteiger partial charge in [-0.3, -0.25) is 9.69 Å². The van der Waals surface area contributed by atoms with E-state index in [9.17, 15) is 4.79 Å². The molecule has 3 nitrogen and oxygen atoms in total. The average molecular weight is 449 g/mol. The van der Waals surface area contributed by atoms with E-state index in [4.69, 9.17) is 0 Å². The Bertz CT molecular complexity index is 1260. The molecule has 0 atom stereocenters. The van der Waals surface area contributed by atoms with Gasteiger partial charge in [0.05, 0.1) is 0 Å². The van der Waals surface area contributed by atoms with E-state index in [1.54, 1.807) is 0 Å². The van der Waals surface area contributed by atoms with Crippen molar-refractivity contribution >= 4 is 16.7 Å². The number of likely N-dealkylation sites (tertiary alicyclic amines) is 1. The molecule has 3 heteroatoms. The quantitative estimate of drug-likeness (QED) is 0.325. The van der Waals surface area contributed by atoms with Crippen molar-refractivity contribution in [1.82, 2.24) is 9.80 Å². The van der Waals surface area contributed by atoms with Crippen LogP contribution in [0.1, 0.15) is 40.7 Å². The Morgan fingerprint density at radius 3 is 2.29 bits per heavy atom. The van der Waals surface area contributed by atoms with Crippen LogP contribution in [0.3, 0.4) is 0 Å². The fraction of sp³-hybridized carbons (Fsp3) is 0.258. The molecule has 1 aliphatic heterocycles. The van der Waals surface area contributed by atoms with Crippen LogP contribution in [-0.2, 0) is 13.1 Å². The Morgan fingerprint density at radius 2 is 1.53 bits per heavy atom. The highest BCUT2D eigenvalue weighted by Crippen LogP contribution is 2.24. The summed E-state index contributed by atoms with van der Waals surface area (Å²) < 4.78 is 0. The zero-order valence-electron chi connectivity index (χ0n) is 19.9. The van der Waals surface area contributed by atoms with Gasteiger partial charge in [-0.1, -0.05) is 79.2 Å². The molecule has 1 aliphatic rings. The number of rotatable bonds is 6. The third-order valence-corrected chi connectivity index (χ3v) is 6.88. The topological polar surface area (TPSA) is 23.6 Å². The number of hydrogen-bond donors (Lipinski definition) is 0. The summed E-state index contributed by atoms with van der Waals surface area (Å²) >= 11 is 0. The van der Waals surface area contributed by atoms with E-state index in [2.05, 4.69) is 53.4 Å². The Labute approximate surface area is 202 Å². The molecule has 1 amide bonds. The van der Waals surface area contributed by atoms with Crippen LogP contribution in [0.25, 0.3) is 21.9 Å². The summed E-state index contributed by atoms with van der Waals surface area (Å²) in [6, 6.07) is 31.4. The molecular formula is C31H32N2O. The van der Waals surface area contributed by atoms with Gasteiger partial charge in [0.25, 0.3) is 5.91 Å². The predicted molar refractivity (Wildman–Crippen MR) is 141 cm³/mol. The smallest absolute Gasteiger partial charge is 0.253 e. The fourth-order valence-electron chi connectivity index (χ4n) is 5.00. The zero-order valence-corrected chi connectivity index (χ0v) is 19.9. The van der Waals surface area contributed by atoms with Gasteiger partial charge >= 0.3 is 0 Å². The van der Waals surface area contributed by atoms with Gasteiger partial charge < -0.3 is 4.90 Å². The molecule has 0 N–H and O–H groups in total. The number of nitrogens with zero attached hydrogens (tertiary/aromatic N) is 2. The second kappa shape index (κ2) is 10.2. The maximum atomic E-state index is 13.1. The molecule has 34 heavy (non-hydrogen) atoms. The Morgan fingerprint density at radius 1 is 0.794 bits per heavy atom. The van der Waals surface area contributed by atoms with Crippen LogP contribution in [0.15, 0.2) is 91.0 Å². The number of carbonyl (C=O) groups is 1. The second-order valence-corrected chi connectivity index (χ2v) is 9.41. The molecule has 1 saturated heterocycles. The lowest BCUT2D eigenvalue weighted by Gasteiger charge is -2.26. The van der Waals surface area contributed by atoms with Crippen LogP contribution in [0.4, 0.5) is 0 Å². The second-order valence-electron chi connectivity index (χ2n) is 9.41. The van der Waals surface area contributed by atoms with E-state index in [-0.39, 0.29) is 5.91 Å². The minimum atomic E-state index is 0.0401. The molecule has 4 aromatic carbocycles. The van der Waals surface area contributed by atoms with Crippen LogP contribution in [0.5, 0.6) is 0 Å². The van der Waals surface area contributed by atoms with Crippen LogP contribution in [-0.4, -0.2) is 35.8 Å². The molecule has 172 valence electrons. The molecule has 4 aromatic rings. The van der Waals surface area contributed by atoms with Gasteiger partial charge in [0.2, 0.25) is 0 Å². The lowest BCUT2D eigenvalue weighted by Crippen LogP contribution is -2.29. The number of hydrogen-bond acceptors (Lipinski definition) is 2. The molecule has 0 aromatic heterocycles. The summed E-state index contributed by atoms with van der Waals surface area (Å²) in [6.07, 6.45) is 3.99. The largest absolute Gasteiger partial charge is 0.337 e. The van der Waals surface area contributed by atoms with E-state index >= 15 is 0 Å². The summed E-state index contributed by atoms with van der Waals surface area (Å²) in [7, 11) is 1.89. The van der Waals surface area contributed by atoms with Crippen LogP contribution in [0, 0.1) is 0 Å². The lowest BCUT2D eigenvalue weighted by molar-refractivity contribution is 0.0785. The Kier molecular flexibility index (Phi) is 6.73. The Hall–Kier alpha value is -3.43.